The van der Waals surface area contributed by atoms with E-state index < -0.39 is 23.3 Å². The summed E-state index contributed by atoms with van der Waals surface area (Å²) in [5.41, 5.74) is 8.53. The lowest BCUT2D eigenvalue weighted by atomic mass is 9.87. The Balaban J connectivity index is 1.78. The van der Waals surface area contributed by atoms with Crippen LogP contribution in [0.5, 0.6) is 0 Å². The molecule has 5 atom stereocenters. The van der Waals surface area contributed by atoms with E-state index in [-0.39, 0.29) is 34.4 Å². The van der Waals surface area contributed by atoms with E-state index in [1.54, 1.807) is 17.2 Å². The summed E-state index contributed by atoms with van der Waals surface area (Å²) in [6.07, 6.45) is 1.61. The van der Waals surface area contributed by atoms with Gasteiger partial charge in [-0.25, -0.2) is 4.39 Å². The predicted molar refractivity (Wildman–Crippen MR) is 100 cm³/mol. The zero-order valence-corrected chi connectivity index (χ0v) is 16.3. The van der Waals surface area contributed by atoms with Crippen LogP contribution < -0.4 is 16.5 Å². The van der Waals surface area contributed by atoms with Crippen LogP contribution in [0.4, 0.5) is 4.39 Å². The first-order chi connectivity index (χ1) is 13.3. The van der Waals surface area contributed by atoms with Crippen LogP contribution in [0.25, 0.3) is 0 Å². The molecule has 1 aromatic carbocycles. The van der Waals surface area contributed by atoms with Gasteiger partial charge in [-0.3, -0.25) is 9.59 Å². The topological polar surface area (TPSA) is 96.7 Å². The van der Waals surface area contributed by atoms with E-state index in [1.165, 1.54) is 19.2 Å². The van der Waals surface area contributed by atoms with Gasteiger partial charge in [0.1, 0.15) is 17.1 Å². The molecule has 0 aromatic heterocycles. The number of nitrogens with zero attached hydrogens (tertiary/aromatic N) is 1. The number of hydrazine groups is 1. The van der Waals surface area contributed by atoms with Gasteiger partial charge >= 0.3 is 0 Å². The van der Waals surface area contributed by atoms with Crippen LogP contribution in [-0.4, -0.2) is 42.6 Å². The lowest BCUT2D eigenvalue weighted by molar-refractivity contribution is -0.132. The molecule has 2 heterocycles. The van der Waals surface area contributed by atoms with Gasteiger partial charge in [0.2, 0.25) is 5.91 Å². The first-order valence-corrected chi connectivity index (χ1v) is 9.52. The van der Waals surface area contributed by atoms with Crippen molar-refractivity contribution >= 4 is 23.4 Å². The van der Waals surface area contributed by atoms with Gasteiger partial charge in [0.15, 0.2) is 0 Å². The molecule has 9 heteroatoms. The maximum absolute atomic E-state index is 13.9. The second kappa shape index (κ2) is 6.72. The number of benzene rings is 1. The van der Waals surface area contributed by atoms with Crippen LogP contribution in [0.1, 0.15) is 18.5 Å². The normalized spacial score (nSPS) is 32.3. The molecule has 4 N–H and O–H groups in total. The molecule has 2 amide bonds. The number of fused-ring (bicyclic) bond motifs is 1. The van der Waals surface area contributed by atoms with Gasteiger partial charge in [0.25, 0.3) is 5.91 Å². The fourth-order valence-electron chi connectivity index (χ4n) is 4.68. The van der Waals surface area contributed by atoms with Crippen molar-refractivity contribution in [1.29, 1.82) is 0 Å². The summed E-state index contributed by atoms with van der Waals surface area (Å²) in [6.45, 7) is 2.92. The Kier molecular flexibility index (Phi) is 4.60. The summed E-state index contributed by atoms with van der Waals surface area (Å²) in [5.74, 6) is -1.10. The Hall–Kier alpha value is -2.16. The Labute approximate surface area is 167 Å². The quantitative estimate of drug-likeness (QED) is 0.678. The zero-order valence-electron chi connectivity index (χ0n) is 15.5. The number of likely N-dealkylation sites (N-methyl/N-ethyl adjacent to an activating group) is 1. The minimum atomic E-state index is -1.22. The maximum Gasteiger partial charge on any atom is 0.268 e. The molecule has 1 aromatic rings. The van der Waals surface area contributed by atoms with Gasteiger partial charge in [-0.1, -0.05) is 11.6 Å². The van der Waals surface area contributed by atoms with Crippen molar-refractivity contribution in [1.82, 2.24) is 15.8 Å². The van der Waals surface area contributed by atoms with Gasteiger partial charge in [-0.2, -0.15) is 5.01 Å². The molecule has 3 aliphatic rings. The second-order valence-corrected chi connectivity index (χ2v) is 8.01. The van der Waals surface area contributed by atoms with E-state index in [4.69, 9.17) is 22.1 Å². The lowest BCUT2D eigenvalue weighted by Gasteiger charge is -2.40. The summed E-state index contributed by atoms with van der Waals surface area (Å²) in [6, 6.07) is 3.73. The summed E-state index contributed by atoms with van der Waals surface area (Å²) in [4.78, 5) is 25.1. The first-order valence-electron chi connectivity index (χ1n) is 9.14. The molecule has 0 bridgehead atoms. The van der Waals surface area contributed by atoms with E-state index in [0.717, 1.165) is 0 Å². The molecule has 2 aliphatic heterocycles. The van der Waals surface area contributed by atoms with Crippen molar-refractivity contribution < 1.29 is 18.7 Å². The standard InChI is InChI=1S/C19H22ClFN4O3/c1-9(10-3-11(20)5-12(21)4-10)25-19(18(22)27,6-15(24-25)17(26)23-2)16-13-7-28-8-14(13)16/h3-6,9,13-14,16,24H,7-8H2,1-2H3,(H2,22,27)(H,23,26)/t9-,13-,14+,16?,19?/m1/s1. The number of carbonyl (C=O) groups excluding carboxylic acids is 2. The summed E-state index contributed by atoms with van der Waals surface area (Å²) in [7, 11) is 1.51. The highest BCUT2D eigenvalue weighted by Gasteiger charge is 2.69. The zero-order chi connectivity index (χ0) is 20.2. The molecule has 4 rings (SSSR count). The number of hydrogen-bond donors (Lipinski definition) is 3. The van der Waals surface area contributed by atoms with E-state index in [1.807, 2.05) is 6.92 Å². The maximum atomic E-state index is 13.9. The number of ether oxygens (including phenoxy) is 1. The average Bonchev–Trinajstić information content (AvgIpc) is 3.00. The van der Waals surface area contributed by atoms with E-state index >= 15 is 0 Å². The fraction of sp³-hybridized carbons (Fsp3) is 0.474. The number of halogens is 2. The van der Waals surface area contributed by atoms with Gasteiger partial charge in [-0.05, 0) is 48.6 Å². The van der Waals surface area contributed by atoms with Crippen molar-refractivity contribution in [2.24, 2.45) is 23.5 Å². The second-order valence-electron chi connectivity index (χ2n) is 7.58. The number of nitrogens with two attached hydrogens (primary N) is 1. The van der Waals surface area contributed by atoms with Crippen LogP contribution >= 0.6 is 11.6 Å². The predicted octanol–water partition coefficient (Wildman–Crippen LogP) is 1.11. The van der Waals surface area contributed by atoms with Gasteiger partial charge in [0.05, 0.1) is 19.3 Å². The molecule has 1 saturated heterocycles. The van der Waals surface area contributed by atoms with E-state index in [9.17, 15) is 14.0 Å². The molecule has 2 unspecified atom stereocenters. The third kappa shape index (κ3) is 2.78. The molecular formula is C19H22ClFN4O3. The van der Waals surface area contributed by atoms with E-state index in [2.05, 4.69) is 10.7 Å². The first kappa shape index (κ1) is 19.2. The highest BCUT2D eigenvalue weighted by molar-refractivity contribution is 6.30. The average molecular weight is 409 g/mol. The van der Waals surface area contributed by atoms with E-state index in [0.29, 0.717) is 18.8 Å². The van der Waals surface area contributed by atoms with Crippen molar-refractivity contribution in [3.63, 3.8) is 0 Å². The van der Waals surface area contributed by atoms with Crippen LogP contribution in [0.3, 0.4) is 0 Å². The molecule has 1 aliphatic carbocycles. The molecule has 1 saturated carbocycles. The van der Waals surface area contributed by atoms with Crippen LogP contribution in [0.2, 0.25) is 5.02 Å². The molecule has 2 fully saturated rings. The highest BCUT2D eigenvalue weighted by atomic mass is 35.5. The number of nitrogens with one attached hydrogen (secondary N) is 2. The van der Waals surface area contributed by atoms with Crippen LogP contribution in [0, 0.1) is 23.6 Å². The van der Waals surface area contributed by atoms with Gasteiger partial charge in [-0.15, -0.1) is 0 Å². The molecular weight excluding hydrogens is 387 g/mol. The Morgan fingerprint density at radius 1 is 1.39 bits per heavy atom. The van der Waals surface area contributed by atoms with Crippen LogP contribution in [-0.2, 0) is 14.3 Å². The summed E-state index contributed by atoms with van der Waals surface area (Å²) in [5, 5.41) is 4.47. The number of carbonyl (C=O) groups is 2. The molecule has 0 spiro atoms. The van der Waals surface area contributed by atoms with Gasteiger partial charge < -0.3 is 21.2 Å². The molecule has 7 nitrogen and oxygen atoms in total. The number of amides is 2. The smallest absolute Gasteiger partial charge is 0.268 e. The molecule has 28 heavy (non-hydrogen) atoms. The number of rotatable bonds is 5. The number of primary amides is 1. The molecule has 0 radical (unpaired) electrons. The summed E-state index contributed by atoms with van der Waals surface area (Å²) >= 11 is 6.02. The monoisotopic (exact) mass is 408 g/mol. The minimum Gasteiger partial charge on any atom is -0.381 e. The van der Waals surface area contributed by atoms with Crippen molar-refractivity contribution in [2.45, 2.75) is 18.5 Å². The number of hydrogen-bond acceptors (Lipinski definition) is 5. The van der Waals surface area contributed by atoms with Crippen molar-refractivity contribution in [2.75, 3.05) is 20.3 Å². The third-order valence-electron chi connectivity index (χ3n) is 6.09. The largest absolute Gasteiger partial charge is 0.381 e. The van der Waals surface area contributed by atoms with Gasteiger partial charge in [0, 0.05) is 18.0 Å². The Morgan fingerprint density at radius 3 is 2.64 bits per heavy atom. The van der Waals surface area contributed by atoms with Crippen molar-refractivity contribution in [3.8, 4) is 0 Å². The van der Waals surface area contributed by atoms with Crippen LogP contribution in [0.15, 0.2) is 30.0 Å². The summed E-state index contributed by atoms with van der Waals surface area (Å²) < 4.78 is 19.4. The lowest BCUT2D eigenvalue weighted by Crippen LogP contribution is -2.60. The SMILES string of the molecule is CNC(=O)C1=CC(C(N)=O)(C2[C@H]3COC[C@@H]23)N([C@H](C)c2cc(F)cc(Cl)c2)N1. The highest BCUT2D eigenvalue weighted by Crippen LogP contribution is 2.60. The Bertz CT molecular complexity index is 848. The minimum absolute atomic E-state index is 0.0834. The molecule has 150 valence electrons. The fourth-order valence-corrected chi connectivity index (χ4v) is 4.91. The third-order valence-corrected chi connectivity index (χ3v) is 6.30. The van der Waals surface area contributed by atoms with Crippen molar-refractivity contribution in [3.05, 3.63) is 46.4 Å². The Morgan fingerprint density at radius 2 is 2.07 bits per heavy atom.